The Hall–Kier alpha value is -0.620. The molecule has 3 unspecified atom stereocenters. The van der Waals surface area contributed by atoms with Crippen LogP contribution >= 0.6 is 0 Å². The Labute approximate surface area is 108 Å². The first-order valence-corrected chi connectivity index (χ1v) is 8.22. The van der Waals surface area contributed by atoms with Crippen molar-refractivity contribution in [1.82, 2.24) is 4.31 Å². The Bertz CT molecular complexity index is 420. The van der Waals surface area contributed by atoms with E-state index in [0.717, 1.165) is 19.3 Å². The van der Waals surface area contributed by atoms with Gasteiger partial charge in [-0.25, -0.2) is 8.42 Å². The first-order valence-electron chi connectivity index (χ1n) is 6.72. The van der Waals surface area contributed by atoms with Crippen LogP contribution in [0.15, 0.2) is 0 Å². The summed E-state index contributed by atoms with van der Waals surface area (Å²) in [7, 11) is -3.44. The van der Waals surface area contributed by atoms with Crippen molar-refractivity contribution in [3.05, 3.63) is 0 Å². The van der Waals surface area contributed by atoms with Crippen LogP contribution in [0, 0.1) is 5.92 Å². The van der Waals surface area contributed by atoms with Gasteiger partial charge in [-0.3, -0.25) is 4.79 Å². The van der Waals surface area contributed by atoms with Crippen molar-refractivity contribution in [2.45, 2.75) is 56.7 Å². The third-order valence-electron chi connectivity index (χ3n) is 4.27. The SMILES string of the molecule is CCC1CCCN1S(=O)(=O)C1CCCC1C(=O)O. The van der Waals surface area contributed by atoms with Crippen molar-refractivity contribution < 1.29 is 18.3 Å². The largest absolute Gasteiger partial charge is 0.481 e. The molecule has 0 spiro atoms. The maximum absolute atomic E-state index is 12.6. The lowest BCUT2D eigenvalue weighted by atomic mass is 10.1. The maximum atomic E-state index is 12.6. The molecular formula is C12H21NO4S. The molecule has 104 valence electrons. The van der Waals surface area contributed by atoms with Crippen LogP contribution in [-0.2, 0) is 14.8 Å². The van der Waals surface area contributed by atoms with Crippen LogP contribution < -0.4 is 0 Å². The van der Waals surface area contributed by atoms with Crippen molar-refractivity contribution in [3.63, 3.8) is 0 Å². The standard InChI is InChI=1S/C12H21NO4S/c1-2-9-5-4-8-13(9)18(16,17)11-7-3-6-10(11)12(14)15/h9-11H,2-8H2,1H3,(H,14,15). The summed E-state index contributed by atoms with van der Waals surface area (Å²) in [6, 6.07) is 0.0741. The number of nitrogens with zero attached hydrogens (tertiary/aromatic N) is 1. The lowest BCUT2D eigenvalue weighted by Crippen LogP contribution is -2.44. The molecule has 18 heavy (non-hydrogen) atoms. The van der Waals surface area contributed by atoms with Gasteiger partial charge < -0.3 is 5.11 Å². The van der Waals surface area contributed by atoms with E-state index in [2.05, 4.69) is 0 Å². The van der Waals surface area contributed by atoms with Crippen LogP contribution in [0.25, 0.3) is 0 Å². The second-order valence-corrected chi connectivity index (χ2v) is 7.38. The highest BCUT2D eigenvalue weighted by Gasteiger charge is 2.46. The molecule has 2 aliphatic rings. The highest BCUT2D eigenvalue weighted by Crippen LogP contribution is 2.36. The fourth-order valence-electron chi connectivity index (χ4n) is 3.29. The predicted molar refractivity (Wildman–Crippen MR) is 67.7 cm³/mol. The average Bonchev–Trinajstić information content (AvgIpc) is 2.98. The van der Waals surface area contributed by atoms with Crippen LogP contribution in [0.2, 0.25) is 0 Å². The van der Waals surface area contributed by atoms with Gasteiger partial charge in [0.1, 0.15) is 0 Å². The third kappa shape index (κ3) is 2.28. The summed E-state index contributed by atoms with van der Waals surface area (Å²) in [5, 5.41) is 8.42. The molecule has 1 N–H and O–H groups in total. The molecule has 1 aliphatic heterocycles. The molecule has 6 heteroatoms. The predicted octanol–water partition coefficient (Wildman–Crippen LogP) is 1.44. The van der Waals surface area contributed by atoms with Gasteiger partial charge in [0, 0.05) is 12.6 Å². The number of carboxylic acid groups (broad SMARTS) is 1. The molecule has 1 saturated heterocycles. The minimum Gasteiger partial charge on any atom is -0.481 e. The molecule has 0 bridgehead atoms. The summed E-state index contributed by atoms with van der Waals surface area (Å²) in [4.78, 5) is 11.1. The van der Waals surface area contributed by atoms with E-state index in [9.17, 15) is 13.2 Å². The van der Waals surface area contributed by atoms with Gasteiger partial charge in [-0.05, 0) is 32.1 Å². The van der Waals surface area contributed by atoms with Gasteiger partial charge in [0.15, 0.2) is 0 Å². The zero-order chi connectivity index (χ0) is 13.3. The summed E-state index contributed by atoms with van der Waals surface area (Å²) in [6.45, 7) is 2.55. The number of carboxylic acids is 1. The highest BCUT2D eigenvalue weighted by atomic mass is 32.2. The fraction of sp³-hybridized carbons (Fsp3) is 0.917. The van der Waals surface area contributed by atoms with Crippen LogP contribution in [0.5, 0.6) is 0 Å². The lowest BCUT2D eigenvalue weighted by molar-refractivity contribution is -0.141. The number of hydrogen-bond donors (Lipinski definition) is 1. The summed E-state index contributed by atoms with van der Waals surface area (Å²) >= 11 is 0. The van der Waals surface area contributed by atoms with Gasteiger partial charge >= 0.3 is 5.97 Å². The normalized spacial score (nSPS) is 33.9. The molecule has 1 saturated carbocycles. The second kappa shape index (κ2) is 5.17. The van der Waals surface area contributed by atoms with Gasteiger partial charge in [0.25, 0.3) is 0 Å². The minimum atomic E-state index is -3.44. The van der Waals surface area contributed by atoms with Gasteiger partial charge in [-0.15, -0.1) is 0 Å². The van der Waals surface area contributed by atoms with Gasteiger partial charge in [0.05, 0.1) is 11.2 Å². The van der Waals surface area contributed by atoms with Crippen LogP contribution in [0.4, 0.5) is 0 Å². The summed E-state index contributed by atoms with van der Waals surface area (Å²) in [5.41, 5.74) is 0. The van der Waals surface area contributed by atoms with E-state index in [1.54, 1.807) is 4.31 Å². The zero-order valence-corrected chi connectivity index (χ0v) is 11.5. The molecule has 2 rings (SSSR count). The van der Waals surface area contributed by atoms with E-state index in [0.29, 0.717) is 25.8 Å². The Morgan fingerprint density at radius 3 is 2.61 bits per heavy atom. The van der Waals surface area contributed by atoms with Gasteiger partial charge in [-0.1, -0.05) is 13.3 Å². The van der Waals surface area contributed by atoms with Crippen molar-refractivity contribution in [2.75, 3.05) is 6.54 Å². The number of aliphatic carboxylic acids is 1. The number of hydrogen-bond acceptors (Lipinski definition) is 3. The van der Waals surface area contributed by atoms with E-state index < -0.39 is 27.2 Å². The van der Waals surface area contributed by atoms with Crippen molar-refractivity contribution in [1.29, 1.82) is 0 Å². The molecule has 0 aromatic rings. The Morgan fingerprint density at radius 1 is 1.28 bits per heavy atom. The van der Waals surface area contributed by atoms with E-state index in [1.165, 1.54) is 0 Å². The molecule has 2 fully saturated rings. The molecule has 3 atom stereocenters. The van der Waals surface area contributed by atoms with E-state index in [-0.39, 0.29) is 6.04 Å². The van der Waals surface area contributed by atoms with Crippen LogP contribution in [-0.4, -0.2) is 41.6 Å². The lowest BCUT2D eigenvalue weighted by Gasteiger charge is -2.28. The Morgan fingerprint density at radius 2 is 2.00 bits per heavy atom. The Kier molecular flexibility index (Phi) is 3.96. The highest BCUT2D eigenvalue weighted by molar-refractivity contribution is 7.89. The molecule has 0 aromatic carbocycles. The summed E-state index contributed by atoms with van der Waals surface area (Å²) in [6.07, 6.45) is 4.29. The topological polar surface area (TPSA) is 74.7 Å². The van der Waals surface area contributed by atoms with E-state index >= 15 is 0 Å². The summed E-state index contributed by atoms with van der Waals surface area (Å²) in [5.74, 6) is -1.68. The maximum Gasteiger partial charge on any atom is 0.307 e. The van der Waals surface area contributed by atoms with E-state index in [4.69, 9.17) is 5.11 Å². The third-order valence-corrected chi connectivity index (χ3v) is 6.74. The molecular weight excluding hydrogens is 254 g/mol. The first-order chi connectivity index (χ1) is 8.48. The molecule has 1 aliphatic carbocycles. The first kappa shape index (κ1) is 13.8. The van der Waals surface area contributed by atoms with Crippen LogP contribution in [0.3, 0.4) is 0 Å². The van der Waals surface area contributed by atoms with Crippen molar-refractivity contribution >= 4 is 16.0 Å². The molecule has 0 radical (unpaired) electrons. The molecule has 5 nitrogen and oxygen atoms in total. The molecule has 0 amide bonds. The van der Waals surface area contributed by atoms with Gasteiger partial charge in [0.2, 0.25) is 10.0 Å². The molecule has 1 heterocycles. The average molecular weight is 275 g/mol. The minimum absolute atomic E-state index is 0.0741. The zero-order valence-electron chi connectivity index (χ0n) is 10.7. The second-order valence-electron chi connectivity index (χ2n) is 5.27. The van der Waals surface area contributed by atoms with Crippen molar-refractivity contribution in [2.24, 2.45) is 5.92 Å². The van der Waals surface area contributed by atoms with Crippen LogP contribution in [0.1, 0.15) is 45.4 Å². The fourth-order valence-corrected chi connectivity index (χ4v) is 5.82. The molecule has 0 aromatic heterocycles. The van der Waals surface area contributed by atoms with Crippen molar-refractivity contribution in [3.8, 4) is 0 Å². The Balaban J connectivity index is 2.22. The summed E-state index contributed by atoms with van der Waals surface area (Å²) < 4.78 is 26.7. The number of rotatable bonds is 4. The number of sulfonamides is 1. The van der Waals surface area contributed by atoms with E-state index in [1.807, 2.05) is 6.92 Å². The smallest absolute Gasteiger partial charge is 0.307 e. The van der Waals surface area contributed by atoms with Gasteiger partial charge in [-0.2, -0.15) is 4.31 Å². The number of carbonyl (C=O) groups is 1. The quantitative estimate of drug-likeness (QED) is 0.842. The monoisotopic (exact) mass is 275 g/mol.